The van der Waals surface area contributed by atoms with E-state index in [1.165, 1.54) is 11.3 Å². The number of amides is 1. The summed E-state index contributed by atoms with van der Waals surface area (Å²) in [6, 6.07) is 5.15. The summed E-state index contributed by atoms with van der Waals surface area (Å²) in [5, 5.41) is 3.33. The summed E-state index contributed by atoms with van der Waals surface area (Å²) < 4.78 is 6.42. The number of nitrogens with zero attached hydrogens (tertiary/aromatic N) is 1. The minimum absolute atomic E-state index is 0.0916. The van der Waals surface area contributed by atoms with Crippen molar-refractivity contribution in [3.05, 3.63) is 18.2 Å². The fourth-order valence-electron chi connectivity index (χ4n) is 1.71. The van der Waals surface area contributed by atoms with Gasteiger partial charge in [0.1, 0.15) is 5.75 Å². The number of thiazole rings is 1. The molecule has 1 aromatic carbocycles. The van der Waals surface area contributed by atoms with Gasteiger partial charge in [0.2, 0.25) is 5.91 Å². The third-order valence-corrected chi connectivity index (χ3v) is 3.86. The van der Waals surface area contributed by atoms with Crippen molar-refractivity contribution in [1.29, 1.82) is 0 Å². The number of nitrogens with two attached hydrogens (primary N) is 1. The third kappa shape index (κ3) is 3.26. The second-order valence-corrected chi connectivity index (χ2v) is 5.87. The number of carbonyl (C=O) groups excluding carboxylic acids is 1. The Morgan fingerprint density at radius 1 is 1.50 bits per heavy atom. The molecule has 1 amide bonds. The molecule has 0 spiro atoms. The maximum atomic E-state index is 11.9. The number of benzene rings is 1. The minimum Gasteiger partial charge on any atom is -0.494 e. The molecule has 0 aliphatic rings. The molecule has 1 aromatic heterocycles. The Hall–Kier alpha value is -1.66. The van der Waals surface area contributed by atoms with Crippen LogP contribution in [-0.2, 0) is 4.79 Å². The summed E-state index contributed by atoms with van der Waals surface area (Å²) in [5.74, 6) is 0.693. The minimum atomic E-state index is -0.527. The van der Waals surface area contributed by atoms with Crippen LogP contribution in [0, 0.1) is 5.92 Å². The molecule has 5 nitrogen and oxygen atoms in total. The van der Waals surface area contributed by atoms with Crippen LogP contribution in [0.3, 0.4) is 0 Å². The van der Waals surface area contributed by atoms with Gasteiger partial charge in [-0.2, -0.15) is 0 Å². The highest BCUT2D eigenvalue weighted by Crippen LogP contribution is 2.29. The van der Waals surface area contributed by atoms with E-state index in [2.05, 4.69) is 10.3 Å². The standard InChI is InChI=1S/C14H19N3O2S/c1-4-19-9-5-6-10-11(7-9)20-14(16-10)17-13(18)12(15)8(2)3/h5-8,12H,4,15H2,1-3H3,(H,16,17,18)/t12-/m0/s1. The Labute approximate surface area is 122 Å². The summed E-state index contributed by atoms with van der Waals surface area (Å²) in [6.07, 6.45) is 0. The zero-order valence-electron chi connectivity index (χ0n) is 11.8. The van der Waals surface area contributed by atoms with Crippen LogP contribution >= 0.6 is 11.3 Å². The number of fused-ring (bicyclic) bond motifs is 1. The van der Waals surface area contributed by atoms with E-state index in [-0.39, 0.29) is 11.8 Å². The maximum absolute atomic E-state index is 11.9. The molecule has 1 heterocycles. The van der Waals surface area contributed by atoms with E-state index in [1.807, 2.05) is 39.0 Å². The molecule has 0 saturated heterocycles. The summed E-state index contributed by atoms with van der Waals surface area (Å²) in [6.45, 7) is 6.39. The Morgan fingerprint density at radius 3 is 2.90 bits per heavy atom. The lowest BCUT2D eigenvalue weighted by atomic mass is 10.1. The molecule has 0 aliphatic heterocycles. The predicted octanol–water partition coefficient (Wildman–Crippen LogP) is 2.62. The summed E-state index contributed by atoms with van der Waals surface area (Å²) in [5.41, 5.74) is 6.65. The first-order chi connectivity index (χ1) is 9.51. The summed E-state index contributed by atoms with van der Waals surface area (Å²) in [7, 11) is 0. The van der Waals surface area contributed by atoms with Crippen molar-refractivity contribution in [2.75, 3.05) is 11.9 Å². The van der Waals surface area contributed by atoms with Crippen molar-refractivity contribution in [2.24, 2.45) is 11.7 Å². The van der Waals surface area contributed by atoms with E-state index >= 15 is 0 Å². The monoisotopic (exact) mass is 293 g/mol. The molecule has 0 bridgehead atoms. The van der Waals surface area contributed by atoms with Crippen molar-refractivity contribution in [1.82, 2.24) is 4.98 Å². The zero-order valence-corrected chi connectivity index (χ0v) is 12.7. The smallest absolute Gasteiger partial charge is 0.243 e. The van der Waals surface area contributed by atoms with Gasteiger partial charge in [-0.1, -0.05) is 25.2 Å². The van der Waals surface area contributed by atoms with Crippen molar-refractivity contribution >= 4 is 32.6 Å². The topological polar surface area (TPSA) is 77.2 Å². The Kier molecular flexibility index (Phi) is 4.57. The van der Waals surface area contributed by atoms with Gasteiger partial charge in [0.25, 0.3) is 0 Å². The first-order valence-electron chi connectivity index (χ1n) is 6.61. The lowest BCUT2D eigenvalue weighted by Crippen LogP contribution is -2.39. The molecule has 3 N–H and O–H groups in total. The van der Waals surface area contributed by atoms with Gasteiger partial charge in [-0.15, -0.1) is 0 Å². The van der Waals surface area contributed by atoms with Crippen LogP contribution in [0.2, 0.25) is 0 Å². The van der Waals surface area contributed by atoms with Crippen LogP contribution < -0.4 is 15.8 Å². The molecular formula is C14H19N3O2S. The molecule has 1 atom stereocenters. The third-order valence-electron chi connectivity index (χ3n) is 2.92. The molecule has 2 rings (SSSR count). The SMILES string of the molecule is CCOc1ccc2nc(NC(=O)[C@@H](N)C(C)C)sc2c1. The number of anilines is 1. The van der Waals surface area contributed by atoms with Crippen LogP contribution in [0.15, 0.2) is 18.2 Å². The van der Waals surface area contributed by atoms with Gasteiger partial charge in [0, 0.05) is 0 Å². The van der Waals surface area contributed by atoms with Crippen LogP contribution in [-0.4, -0.2) is 23.5 Å². The van der Waals surface area contributed by atoms with Crippen molar-refractivity contribution in [2.45, 2.75) is 26.8 Å². The van der Waals surface area contributed by atoms with Gasteiger partial charge in [-0.25, -0.2) is 4.98 Å². The largest absolute Gasteiger partial charge is 0.494 e. The van der Waals surface area contributed by atoms with Crippen LogP contribution in [0.5, 0.6) is 5.75 Å². The highest BCUT2D eigenvalue weighted by Gasteiger charge is 2.18. The fraction of sp³-hybridized carbons (Fsp3) is 0.429. The molecule has 6 heteroatoms. The second-order valence-electron chi connectivity index (χ2n) is 4.84. The van der Waals surface area contributed by atoms with E-state index in [0.717, 1.165) is 16.0 Å². The van der Waals surface area contributed by atoms with E-state index in [4.69, 9.17) is 10.5 Å². The number of carbonyl (C=O) groups is 1. The molecule has 108 valence electrons. The molecule has 20 heavy (non-hydrogen) atoms. The molecule has 0 unspecified atom stereocenters. The molecule has 2 aromatic rings. The van der Waals surface area contributed by atoms with Crippen LogP contribution in [0.1, 0.15) is 20.8 Å². The Balaban J connectivity index is 2.17. The number of rotatable bonds is 5. The summed E-state index contributed by atoms with van der Waals surface area (Å²) in [4.78, 5) is 16.3. The predicted molar refractivity (Wildman–Crippen MR) is 82.2 cm³/mol. The number of hydrogen-bond acceptors (Lipinski definition) is 5. The highest BCUT2D eigenvalue weighted by molar-refractivity contribution is 7.22. The Morgan fingerprint density at radius 2 is 2.25 bits per heavy atom. The second kappa shape index (κ2) is 6.19. The van der Waals surface area contributed by atoms with Crippen molar-refractivity contribution < 1.29 is 9.53 Å². The maximum Gasteiger partial charge on any atom is 0.243 e. The van der Waals surface area contributed by atoms with Gasteiger partial charge < -0.3 is 15.8 Å². The lowest BCUT2D eigenvalue weighted by molar-refractivity contribution is -0.118. The number of hydrogen-bond donors (Lipinski definition) is 2. The fourth-order valence-corrected chi connectivity index (χ4v) is 2.60. The van der Waals surface area contributed by atoms with Gasteiger partial charge in [-0.05, 0) is 31.0 Å². The number of ether oxygens (including phenoxy) is 1. The molecule has 0 aliphatic carbocycles. The quantitative estimate of drug-likeness (QED) is 0.888. The normalized spacial score (nSPS) is 12.7. The average Bonchev–Trinajstić information content (AvgIpc) is 2.79. The lowest BCUT2D eigenvalue weighted by Gasteiger charge is -2.13. The molecular weight excluding hydrogens is 274 g/mol. The van der Waals surface area contributed by atoms with Crippen molar-refractivity contribution in [3.63, 3.8) is 0 Å². The van der Waals surface area contributed by atoms with Gasteiger partial charge in [0.05, 0.1) is 22.9 Å². The van der Waals surface area contributed by atoms with Crippen LogP contribution in [0.4, 0.5) is 5.13 Å². The van der Waals surface area contributed by atoms with E-state index in [1.54, 1.807) is 0 Å². The molecule has 0 saturated carbocycles. The van der Waals surface area contributed by atoms with E-state index in [9.17, 15) is 4.79 Å². The van der Waals surface area contributed by atoms with Gasteiger partial charge >= 0.3 is 0 Å². The Bertz CT molecular complexity index is 609. The van der Waals surface area contributed by atoms with Gasteiger partial charge in [0.15, 0.2) is 5.13 Å². The average molecular weight is 293 g/mol. The highest BCUT2D eigenvalue weighted by atomic mass is 32.1. The van der Waals surface area contributed by atoms with E-state index in [0.29, 0.717) is 11.7 Å². The van der Waals surface area contributed by atoms with Crippen LogP contribution in [0.25, 0.3) is 10.2 Å². The number of nitrogens with one attached hydrogen (secondary N) is 1. The number of aromatic nitrogens is 1. The van der Waals surface area contributed by atoms with Gasteiger partial charge in [-0.3, -0.25) is 4.79 Å². The zero-order chi connectivity index (χ0) is 14.7. The molecule has 0 fully saturated rings. The van der Waals surface area contributed by atoms with Crippen molar-refractivity contribution in [3.8, 4) is 5.75 Å². The van der Waals surface area contributed by atoms with E-state index < -0.39 is 6.04 Å². The molecule has 0 radical (unpaired) electrons. The summed E-state index contributed by atoms with van der Waals surface area (Å²) >= 11 is 1.42. The first-order valence-corrected chi connectivity index (χ1v) is 7.42. The first kappa shape index (κ1) is 14.7.